The topological polar surface area (TPSA) is 52.8 Å². The maximum Gasteiger partial charge on any atom is 0.271 e. The van der Waals surface area contributed by atoms with E-state index in [9.17, 15) is 4.79 Å². The van der Waals surface area contributed by atoms with Gasteiger partial charge in [-0.05, 0) is 59.9 Å². The van der Waals surface area contributed by atoms with Gasteiger partial charge in [0, 0.05) is 21.7 Å². The van der Waals surface area contributed by atoms with Gasteiger partial charge in [0.15, 0.2) is 4.80 Å². The van der Waals surface area contributed by atoms with Gasteiger partial charge in [0.25, 0.3) is 5.56 Å². The third-order valence-electron chi connectivity index (χ3n) is 7.82. The van der Waals surface area contributed by atoms with Crippen LogP contribution >= 0.6 is 22.9 Å². The highest BCUT2D eigenvalue weighted by Gasteiger charge is 2.34. The van der Waals surface area contributed by atoms with Crippen molar-refractivity contribution in [1.29, 1.82) is 0 Å². The van der Waals surface area contributed by atoms with Crippen LogP contribution in [0.4, 0.5) is 0 Å². The summed E-state index contributed by atoms with van der Waals surface area (Å²) >= 11 is 7.45. The molecule has 0 amide bonds. The number of aromatic nitrogens is 1. The van der Waals surface area contributed by atoms with Crippen LogP contribution in [0.2, 0.25) is 5.02 Å². The molecule has 1 aliphatic heterocycles. The van der Waals surface area contributed by atoms with Crippen LogP contribution in [0.3, 0.4) is 0 Å². The smallest absolute Gasteiger partial charge is 0.271 e. The van der Waals surface area contributed by atoms with Crippen molar-refractivity contribution in [2.24, 2.45) is 4.99 Å². The van der Waals surface area contributed by atoms with E-state index in [-0.39, 0.29) is 11.6 Å². The van der Waals surface area contributed by atoms with Crippen LogP contribution in [0.5, 0.6) is 11.5 Å². The quantitative estimate of drug-likeness (QED) is 0.225. The summed E-state index contributed by atoms with van der Waals surface area (Å²) in [7, 11) is 1.68. The van der Waals surface area contributed by atoms with E-state index in [2.05, 4.69) is 30.3 Å². The Morgan fingerprint density at radius 2 is 1.67 bits per heavy atom. The molecule has 0 fully saturated rings. The Hall–Kier alpha value is -4.39. The standard InChI is InChI=1S/C35H27ClN2O3S/c1-40-30-13-7-5-11-27(30)33-28-19-16-23-8-2-4-10-26(23)32(28)37-35-38(33)34(39)31(42-35)20-24-9-3-6-12-29(24)41-21-22-14-17-25(36)18-15-22/h2-15,17-18,20,33H,16,19,21H2,1H3/b31-20-/t33-/m1/s1. The molecule has 208 valence electrons. The van der Waals surface area contributed by atoms with Crippen molar-refractivity contribution >= 4 is 34.7 Å². The van der Waals surface area contributed by atoms with Crippen LogP contribution in [0.25, 0.3) is 11.8 Å². The predicted molar refractivity (Wildman–Crippen MR) is 168 cm³/mol. The maximum absolute atomic E-state index is 14.2. The average Bonchev–Trinajstić information content (AvgIpc) is 3.34. The van der Waals surface area contributed by atoms with Crippen molar-refractivity contribution in [3.8, 4) is 11.5 Å². The van der Waals surface area contributed by atoms with Crippen LogP contribution in [-0.4, -0.2) is 11.7 Å². The number of ether oxygens (including phenoxy) is 2. The number of nitrogens with zero attached hydrogens (tertiary/aromatic N) is 2. The van der Waals surface area contributed by atoms with Gasteiger partial charge in [-0.2, -0.15) is 0 Å². The van der Waals surface area contributed by atoms with Gasteiger partial charge in [-0.1, -0.05) is 95.7 Å². The van der Waals surface area contributed by atoms with E-state index >= 15 is 0 Å². The molecule has 2 heterocycles. The third-order valence-corrected chi connectivity index (χ3v) is 9.05. The third kappa shape index (κ3) is 4.77. The second-order valence-electron chi connectivity index (χ2n) is 10.3. The Morgan fingerprint density at radius 1 is 0.929 bits per heavy atom. The molecule has 0 radical (unpaired) electrons. The number of rotatable bonds is 6. The molecule has 0 N–H and O–H groups in total. The fourth-order valence-electron chi connectivity index (χ4n) is 5.81. The number of methoxy groups -OCH3 is 1. The van der Waals surface area contributed by atoms with E-state index in [1.54, 1.807) is 7.11 Å². The molecular formula is C35H27ClN2O3S. The summed E-state index contributed by atoms with van der Waals surface area (Å²) in [5.41, 5.74) is 7.25. The predicted octanol–water partition coefficient (Wildman–Crippen LogP) is 6.56. The first-order valence-electron chi connectivity index (χ1n) is 13.8. The molecule has 0 unspecified atom stereocenters. The molecule has 5 nitrogen and oxygen atoms in total. The molecule has 0 bridgehead atoms. The van der Waals surface area contributed by atoms with Crippen molar-refractivity contribution in [3.05, 3.63) is 155 Å². The van der Waals surface area contributed by atoms with Crippen molar-refractivity contribution < 1.29 is 9.47 Å². The Kier molecular flexibility index (Phi) is 7.02. The maximum atomic E-state index is 14.2. The minimum atomic E-state index is -0.306. The molecule has 5 aromatic rings. The summed E-state index contributed by atoms with van der Waals surface area (Å²) < 4.78 is 14.4. The summed E-state index contributed by atoms with van der Waals surface area (Å²) in [5, 5.41) is 0.686. The monoisotopic (exact) mass is 590 g/mol. The summed E-state index contributed by atoms with van der Waals surface area (Å²) in [6.07, 6.45) is 3.64. The van der Waals surface area contributed by atoms with E-state index in [1.165, 1.54) is 16.9 Å². The number of hydrogen-bond acceptors (Lipinski definition) is 5. The van der Waals surface area contributed by atoms with E-state index in [1.807, 2.05) is 77.4 Å². The largest absolute Gasteiger partial charge is 0.496 e. The van der Waals surface area contributed by atoms with Crippen LogP contribution in [-0.2, 0) is 13.0 Å². The zero-order valence-electron chi connectivity index (χ0n) is 22.9. The Morgan fingerprint density at radius 3 is 2.50 bits per heavy atom. The van der Waals surface area contributed by atoms with Crippen LogP contribution < -0.4 is 24.4 Å². The highest BCUT2D eigenvalue weighted by atomic mass is 35.5. The lowest BCUT2D eigenvalue weighted by molar-refractivity contribution is 0.305. The molecule has 1 aromatic heterocycles. The molecule has 4 aromatic carbocycles. The number of allylic oxidation sites excluding steroid dienone is 1. The fraction of sp³-hybridized carbons (Fsp3) is 0.143. The molecule has 1 aliphatic carbocycles. The molecular weight excluding hydrogens is 564 g/mol. The molecule has 7 heteroatoms. The molecule has 0 saturated carbocycles. The number of benzene rings is 4. The summed E-state index contributed by atoms with van der Waals surface area (Å²) in [6, 6.07) is 31.5. The highest BCUT2D eigenvalue weighted by Crippen LogP contribution is 2.43. The van der Waals surface area contributed by atoms with Gasteiger partial charge in [0.1, 0.15) is 18.1 Å². The number of aryl methyl sites for hydroxylation is 1. The summed E-state index contributed by atoms with van der Waals surface area (Å²) in [5.74, 6) is 1.46. The molecule has 7 rings (SSSR count). The average molecular weight is 591 g/mol. The normalized spacial score (nSPS) is 15.9. The minimum Gasteiger partial charge on any atom is -0.496 e. The zero-order valence-corrected chi connectivity index (χ0v) is 24.5. The second kappa shape index (κ2) is 11.1. The van der Waals surface area contributed by atoms with Crippen molar-refractivity contribution in [1.82, 2.24) is 4.57 Å². The minimum absolute atomic E-state index is 0.0763. The van der Waals surface area contributed by atoms with Gasteiger partial charge < -0.3 is 9.47 Å². The van der Waals surface area contributed by atoms with Crippen molar-refractivity contribution in [2.45, 2.75) is 25.5 Å². The van der Waals surface area contributed by atoms with E-state index in [4.69, 9.17) is 26.1 Å². The molecule has 0 spiro atoms. The molecule has 0 saturated heterocycles. The number of fused-ring (bicyclic) bond motifs is 3. The van der Waals surface area contributed by atoms with Gasteiger partial charge >= 0.3 is 0 Å². The first-order valence-corrected chi connectivity index (χ1v) is 15.0. The molecule has 2 aliphatic rings. The van der Waals surface area contributed by atoms with Gasteiger partial charge in [-0.25, -0.2) is 4.99 Å². The number of hydrogen-bond donors (Lipinski definition) is 0. The van der Waals surface area contributed by atoms with E-state index in [0.717, 1.165) is 52.1 Å². The first-order chi connectivity index (χ1) is 20.6. The summed E-state index contributed by atoms with van der Waals surface area (Å²) in [6.45, 7) is 0.392. The van der Waals surface area contributed by atoms with Crippen LogP contribution in [0.15, 0.2) is 112 Å². The van der Waals surface area contributed by atoms with Crippen molar-refractivity contribution in [2.75, 3.05) is 7.11 Å². The highest BCUT2D eigenvalue weighted by molar-refractivity contribution is 7.07. The number of thiazole rings is 1. The van der Waals surface area contributed by atoms with Gasteiger partial charge in [0.05, 0.1) is 23.4 Å². The van der Waals surface area contributed by atoms with Gasteiger partial charge in [-0.3, -0.25) is 9.36 Å². The Bertz CT molecular complexity index is 2020. The SMILES string of the molecule is COc1ccccc1[C@@H]1C2=C(N=c3s/c(=C\c4ccccc4OCc4ccc(Cl)cc4)c(=O)n31)c1ccccc1CC2. The van der Waals surface area contributed by atoms with E-state index < -0.39 is 0 Å². The van der Waals surface area contributed by atoms with Gasteiger partial charge in [0.2, 0.25) is 0 Å². The lowest BCUT2D eigenvalue weighted by Gasteiger charge is -2.31. The van der Waals surface area contributed by atoms with E-state index in [0.29, 0.717) is 26.7 Å². The summed E-state index contributed by atoms with van der Waals surface area (Å²) in [4.78, 5) is 20.0. The fourth-order valence-corrected chi connectivity index (χ4v) is 6.92. The van der Waals surface area contributed by atoms with Crippen LogP contribution in [0, 0.1) is 0 Å². The molecule has 1 atom stereocenters. The lowest BCUT2D eigenvalue weighted by Crippen LogP contribution is -2.39. The number of para-hydroxylation sites is 2. The zero-order chi connectivity index (χ0) is 28.6. The second-order valence-corrected chi connectivity index (χ2v) is 11.8. The molecule has 42 heavy (non-hydrogen) atoms. The Balaban J connectivity index is 1.37. The Labute approximate surface area is 252 Å². The van der Waals surface area contributed by atoms with Crippen LogP contribution in [0.1, 0.15) is 40.3 Å². The lowest BCUT2D eigenvalue weighted by atomic mass is 9.83. The number of halogens is 1. The van der Waals surface area contributed by atoms with Gasteiger partial charge in [-0.15, -0.1) is 0 Å². The first kappa shape index (κ1) is 26.5. The van der Waals surface area contributed by atoms with Crippen molar-refractivity contribution in [3.63, 3.8) is 0 Å².